The number of aromatic nitrogens is 4. The Kier molecular flexibility index (Phi) is 5.19. The largest absolute Gasteiger partial charge is 0.302 e. The molecule has 2 unspecified atom stereocenters. The van der Waals surface area contributed by atoms with Gasteiger partial charge in [-0.3, -0.25) is 9.59 Å². The van der Waals surface area contributed by atoms with E-state index < -0.39 is 11.4 Å². The van der Waals surface area contributed by atoms with Gasteiger partial charge in [0.1, 0.15) is 11.4 Å². The molecular weight excluding hydrogens is 455 g/mol. The number of alkyl halides is 1. The fourth-order valence-electron chi connectivity index (χ4n) is 3.08. The fourth-order valence-corrected chi connectivity index (χ4v) is 4.77. The first-order chi connectivity index (χ1) is 13.8. The Bertz CT molecular complexity index is 1170. The molecule has 1 aliphatic heterocycles. The number of nitrogens with zero attached hydrogens (tertiary/aromatic N) is 4. The van der Waals surface area contributed by atoms with Crippen molar-refractivity contribution in [2.75, 3.05) is 10.3 Å². The quantitative estimate of drug-likeness (QED) is 0.344. The van der Waals surface area contributed by atoms with E-state index >= 15 is 0 Å². The van der Waals surface area contributed by atoms with Crippen molar-refractivity contribution >= 4 is 63.7 Å². The fraction of sp³-hybridized carbons (Fsp3) is 0.235. The van der Waals surface area contributed by atoms with Crippen molar-refractivity contribution in [2.24, 2.45) is 0 Å². The number of halogens is 2. The number of β-lactam (4-membered cyclic amide) rings is 1. The molecule has 3 heterocycles. The van der Waals surface area contributed by atoms with Crippen molar-refractivity contribution in [3.8, 4) is 10.7 Å². The summed E-state index contributed by atoms with van der Waals surface area (Å²) in [5.74, 6) is -0.109. The molecule has 2 N–H and O–H groups in total. The molecule has 0 saturated carbocycles. The van der Waals surface area contributed by atoms with E-state index in [1.165, 1.54) is 27.9 Å². The number of aromatic amines is 1. The maximum Gasteiger partial charge on any atom is 0.262 e. The second-order valence-corrected chi connectivity index (χ2v) is 8.65. The van der Waals surface area contributed by atoms with E-state index in [0.29, 0.717) is 26.5 Å². The summed E-state index contributed by atoms with van der Waals surface area (Å²) in [7, 11) is 0. The van der Waals surface area contributed by atoms with Gasteiger partial charge < -0.3 is 5.32 Å². The van der Waals surface area contributed by atoms with E-state index in [4.69, 9.17) is 35.4 Å². The van der Waals surface area contributed by atoms with Gasteiger partial charge in [-0.05, 0) is 36.8 Å². The molecule has 4 rings (SSSR count). The van der Waals surface area contributed by atoms with Gasteiger partial charge in [0.2, 0.25) is 10.7 Å². The van der Waals surface area contributed by atoms with Crippen molar-refractivity contribution in [3.05, 3.63) is 45.3 Å². The average molecular weight is 469 g/mol. The van der Waals surface area contributed by atoms with E-state index in [1.54, 1.807) is 19.1 Å². The zero-order chi connectivity index (χ0) is 20.9. The molecule has 2 atom stereocenters. The monoisotopic (exact) mass is 468 g/mol. The highest BCUT2D eigenvalue weighted by Gasteiger charge is 2.49. The highest BCUT2D eigenvalue weighted by molar-refractivity contribution is 7.71. The minimum absolute atomic E-state index is 0.227. The van der Waals surface area contributed by atoms with E-state index in [-0.39, 0.29) is 16.6 Å². The van der Waals surface area contributed by atoms with Crippen LogP contribution in [0.4, 0.5) is 5.13 Å². The third-order valence-electron chi connectivity index (χ3n) is 4.36. The van der Waals surface area contributed by atoms with Crippen molar-refractivity contribution in [3.63, 3.8) is 0 Å². The predicted molar refractivity (Wildman–Crippen MR) is 115 cm³/mol. The number of thiazole rings is 1. The second kappa shape index (κ2) is 7.52. The van der Waals surface area contributed by atoms with Gasteiger partial charge in [-0.25, -0.2) is 19.8 Å². The smallest absolute Gasteiger partial charge is 0.262 e. The summed E-state index contributed by atoms with van der Waals surface area (Å²) in [5, 5.41) is 11.4. The Balaban J connectivity index is 1.78. The molecule has 0 radical (unpaired) electrons. The summed E-state index contributed by atoms with van der Waals surface area (Å²) in [4.78, 5) is 29.0. The zero-order valence-electron chi connectivity index (χ0n) is 15.1. The maximum atomic E-state index is 12.7. The third kappa shape index (κ3) is 3.46. The molecule has 0 bridgehead atoms. The van der Waals surface area contributed by atoms with Gasteiger partial charge in [0.25, 0.3) is 5.91 Å². The summed E-state index contributed by atoms with van der Waals surface area (Å²) < 4.78 is 1.76. The predicted octanol–water partition coefficient (Wildman–Crippen LogP) is 3.81. The molecule has 2 aromatic heterocycles. The Morgan fingerprint density at radius 1 is 1.34 bits per heavy atom. The molecule has 1 aromatic carbocycles. The molecule has 150 valence electrons. The molecule has 8 nitrogen and oxygen atoms in total. The molecule has 1 fully saturated rings. The first kappa shape index (κ1) is 20.0. The summed E-state index contributed by atoms with van der Waals surface area (Å²) in [6, 6.07) is 6.68. The normalized spacial score (nSPS) is 18.6. The highest BCUT2D eigenvalue weighted by Crippen LogP contribution is 2.40. The lowest BCUT2D eigenvalue weighted by molar-refractivity contribution is -0.126. The van der Waals surface area contributed by atoms with Crippen molar-refractivity contribution in [1.82, 2.24) is 19.9 Å². The molecular formula is C17H14Cl2N6O2S2. The number of benzene rings is 1. The van der Waals surface area contributed by atoms with Crippen LogP contribution in [0.2, 0.25) is 5.02 Å². The van der Waals surface area contributed by atoms with Crippen LogP contribution < -0.4 is 10.3 Å². The van der Waals surface area contributed by atoms with Crippen LogP contribution in [0.15, 0.2) is 24.3 Å². The number of rotatable bonds is 4. The minimum Gasteiger partial charge on any atom is -0.302 e. The first-order valence-electron chi connectivity index (χ1n) is 8.43. The van der Waals surface area contributed by atoms with Crippen LogP contribution in [-0.2, 0) is 9.59 Å². The van der Waals surface area contributed by atoms with E-state index in [9.17, 15) is 9.59 Å². The Morgan fingerprint density at radius 3 is 2.69 bits per heavy atom. The molecule has 29 heavy (non-hydrogen) atoms. The molecule has 3 aromatic rings. The number of hydrogen-bond acceptors (Lipinski definition) is 6. The first-order valence-corrected chi connectivity index (χ1v) is 10.5. The van der Waals surface area contributed by atoms with Crippen LogP contribution in [0.1, 0.15) is 24.2 Å². The molecule has 0 aliphatic carbocycles. The third-order valence-corrected chi connectivity index (χ3v) is 6.37. The molecule has 1 aliphatic rings. The number of aryl methyl sites for hydroxylation is 1. The molecule has 2 amide bonds. The van der Waals surface area contributed by atoms with Crippen LogP contribution in [0.5, 0.6) is 0 Å². The van der Waals surface area contributed by atoms with Gasteiger partial charge in [0.15, 0.2) is 11.0 Å². The summed E-state index contributed by atoms with van der Waals surface area (Å²) in [5.41, 5.74) is 1.47. The molecule has 12 heteroatoms. The summed E-state index contributed by atoms with van der Waals surface area (Å²) >= 11 is 18.9. The topological polar surface area (TPSA) is 95.9 Å². The number of carbonyl (C=O) groups is 2. The zero-order valence-corrected chi connectivity index (χ0v) is 18.3. The highest BCUT2D eigenvalue weighted by atomic mass is 35.5. The number of carbonyl (C=O) groups excluding carboxylic acids is 2. The standard InChI is InChI=1S/C17H14Cl2N6O2S2/c1-7-13(29-16(20-7)21-8(2)26)14-22-23-17(28)25(14)24-12(11(19)15(24)27)9-3-5-10(18)6-4-9/h3-6,11-12H,1-2H3,(H,23,28)(H,20,21,26). The van der Waals surface area contributed by atoms with Gasteiger partial charge in [0.05, 0.1) is 10.6 Å². The SMILES string of the molecule is CC(=O)Nc1nc(C)c(-c2n[nH]c(=S)n2N2C(=O)C(Cl)C2c2ccc(Cl)cc2)s1. The Labute approximate surface area is 184 Å². The van der Waals surface area contributed by atoms with Gasteiger partial charge in [-0.1, -0.05) is 35.1 Å². The van der Waals surface area contributed by atoms with Crippen molar-refractivity contribution in [2.45, 2.75) is 25.3 Å². The number of H-pyrrole nitrogens is 1. The van der Waals surface area contributed by atoms with Crippen LogP contribution in [-0.4, -0.2) is 37.0 Å². The van der Waals surface area contributed by atoms with E-state index in [0.717, 1.165) is 5.56 Å². The number of amides is 2. The van der Waals surface area contributed by atoms with E-state index in [2.05, 4.69) is 20.5 Å². The van der Waals surface area contributed by atoms with Crippen LogP contribution in [0, 0.1) is 11.7 Å². The Hall–Kier alpha value is -2.27. The average Bonchev–Trinajstić information content (AvgIpc) is 3.21. The minimum atomic E-state index is -0.738. The molecule has 0 spiro atoms. The van der Waals surface area contributed by atoms with Crippen molar-refractivity contribution < 1.29 is 9.59 Å². The van der Waals surface area contributed by atoms with Gasteiger partial charge in [0, 0.05) is 11.9 Å². The van der Waals surface area contributed by atoms with Gasteiger partial charge in [-0.2, -0.15) is 5.10 Å². The van der Waals surface area contributed by atoms with Crippen LogP contribution >= 0.6 is 46.8 Å². The lowest BCUT2D eigenvalue weighted by atomic mass is 9.95. The number of nitrogens with one attached hydrogen (secondary N) is 2. The van der Waals surface area contributed by atoms with Gasteiger partial charge >= 0.3 is 0 Å². The van der Waals surface area contributed by atoms with Gasteiger partial charge in [-0.15, -0.1) is 11.6 Å². The number of anilines is 1. The lowest BCUT2D eigenvalue weighted by Crippen LogP contribution is -2.62. The second-order valence-electron chi connectivity index (χ2n) is 6.36. The van der Waals surface area contributed by atoms with Crippen LogP contribution in [0.3, 0.4) is 0 Å². The summed E-state index contributed by atoms with van der Waals surface area (Å²) in [6.45, 7) is 3.20. The summed E-state index contributed by atoms with van der Waals surface area (Å²) in [6.07, 6.45) is 0. The van der Waals surface area contributed by atoms with E-state index in [1.807, 2.05) is 12.1 Å². The van der Waals surface area contributed by atoms with Crippen LogP contribution in [0.25, 0.3) is 10.7 Å². The molecule has 1 saturated heterocycles. The number of hydrogen-bond donors (Lipinski definition) is 2. The maximum absolute atomic E-state index is 12.7. The van der Waals surface area contributed by atoms with Crippen molar-refractivity contribution in [1.29, 1.82) is 0 Å². The Morgan fingerprint density at radius 2 is 2.03 bits per heavy atom. The lowest BCUT2D eigenvalue weighted by Gasteiger charge is -2.44.